The van der Waals surface area contributed by atoms with Crippen molar-refractivity contribution in [3.8, 4) is 0 Å². The van der Waals surface area contributed by atoms with Crippen LogP contribution in [0.2, 0.25) is 0 Å². The molecule has 0 aliphatic carbocycles. The molecule has 0 amide bonds. The second kappa shape index (κ2) is 5.97. The second-order valence-electron chi connectivity index (χ2n) is 4.48. The molecule has 100 valence electrons. The molecule has 0 radical (unpaired) electrons. The Labute approximate surface area is 116 Å². The summed E-state index contributed by atoms with van der Waals surface area (Å²) in [4.78, 5) is 10.8. The van der Waals surface area contributed by atoms with Gasteiger partial charge in [0, 0.05) is 17.1 Å². The summed E-state index contributed by atoms with van der Waals surface area (Å²) in [5.74, 6) is 1.36. The summed E-state index contributed by atoms with van der Waals surface area (Å²) in [6.45, 7) is 3.88. The molecule has 19 heavy (non-hydrogen) atoms. The Balaban J connectivity index is 1.94. The van der Waals surface area contributed by atoms with Gasteiger partial charge in [-0.1, -0.05) is 29.8 Å². The minimum atomic E-state index is -1.02. The zero-order valence-corrected chi connectivity index (χ0v) is 11.8. The molecule has 4 heteroatoms. The SMILES string of the molecule is Cc1cccc(CSCc2cc(C(=O)O)oc2C)c1. The molecule has 1 heterocycles. The fraction of sp³-hybridized carbons (Fsp3) is 0.267. The van der Waals surface area contributed by atoms with Gasteiger partial charge in [0.1, 0.15) is 5.76 Å². The van der Waals surface area contributed by atoms with Crippen LogP contribution in [-0.2, 0) is 11.5 Å². The third kappa shape index (κ3) is 3.64. The largest absolute Gasteiger partial charge is 0.475 e. The predicted octanol–water partition coefficient (Wildman–Crippen LogP) is 4.03. The number of furan rings is 1. The van der Waals surface area contributed by atoms with E-state index in [1.54, 1.807) is 24.8 Å². The first kappa shape index (κ1) is 13.7. The van der Waals surface area contributed by atoms with Crippen molar-refractivity contribution >= 4 is 17.7 Å². The van der Waals surface area contributed by atoms with Crippen molar-refractivity contribution in [2.75, 3.05) is 0 Å². The molecule has 1 aromatic carbocycles. The summed E-state index contributed by atoms with van der Waals surface area (Å²) < 4.78 is 5.19. The van der Waals surface area contributed by atoms with Crippen LogP contribution >= 0.6 is 11.8 Å². The zero-order valence-electron chi connectivity index (χ0n) is 11.0. The number of rotatable bonds is 5. The van der Waals surface area contributed by atoms with E-state index in [2.05, 4.69) is 31.2 Å². The highest BCUT2D eigenvalue weighted by atomic mass is 32.2. The van der Waals surface area contributed by atoms with Gasteiger partial charge in [-0.25, -0.2) is 4.79 Å². The van der Waals surface area contributed by atoms with Gasteiger partial charge in [0.2, 0.25) is 5.76 Å². The van der Waals surface area contributed by atoms with Gasteiger partial charge in [-0.15, -0.1) is 0 Å². The van der Waals surface area contributed by atoms with Gasteiger partial charge < -0.3 is 9.52 Å². The Kier molecular flexibility index (Phi) is 4.32. The summed E-state index contributed by atoms with van der Waals surface area (Å²) in [5, 5.41) is 8.86. The Hall–Kier alpha value is -1.68. The number of thioether (sulfide) groups is 1. The van der Waals surface area contributed by atoms with E-state index in [1.807, 2.05) is 0 Å². The average Bonchev–Trinajstić information content (AvgIpc) is 2.71. The smallest absolute Gasteiger partial charge is 0.371 e. The van der Waals surface area contributed by atoms with E-state index in [0.717, 1.165) is 17.1 Å². The van der Waals surface area contributed by atoms with Crippen LogP contribution in [0.1, 0.15) is 33.0 Å². The fourth-order valence-electron chi connectivity index (χ4n) is 1.85. The lowest BCUT2D eigenvalue weighted by Gasteiger charge is -2.02. The quantitative estimate of drug-likeness (QED) is 0.895. The van der Waals surface area contributed by atoms with Crippen LogP contribution in [0.3, 0.4) is 0 Å². The number of aromatic carboxylic acids is 1. The molecule has 2 aromatic rings. The monoisotopic (exact) mass is 276 g/mol. The maximum atomic E-state index is 10.8. The van der Waals surface area contributed by atoms with E-state index in [1.165, 1.54) is 11.1 Å². The van der Waals surface area contributed by atoms with Crippen LogP contribution in [0.4, 0.5) is 0 Å². The number of carboxylic acids is 1. The molecule has 0 aliphatic heterocycles. The summed E-state index contributed by atoms with van der Waals surface area (Å²) >= 11 is 1.75. The lowest BCUT2D eigenvalue weighted by atomic mass is 10.2. The second-order valence-corrected chi connectivity index (χ2v) is 5.46. The third-order valence-corrected chi connectivity index (χ3v) is 3.89. The molecule has 0 unspecified atom stereocenters. The molecule has 0 atom stereocenters. The van der Waals surface area contributed by atoms with Crippen LogP contribution in [-0.4, -0.2) is 11.1 Å². The molecule has 0 fully saturated rings. The molecular weight excluding hydrogens is 260 g/mol. The number of aryl methyl sites for hydroxylation is 2. The normalized spacial score (nSPS) is 10.6. The number of benzene rings is 1. The van der Waals surface area contributed by atoms with Crippen molar-refractivity contribution in [3.05, 3.63) is 58.5 Å². The van der Waals surface area contributed by atoms with Crippen molar-refractivity contribution < 1.29 is 14.3 Å². The van der Waals surface area contributed by atoms with E-state index in [4.69, 9.17) is 9.52 Å². The van der Waals surface area contributed by atoms with Crippen LogP contribution in [0.25, 0.3) is 0 Å². The van der Waals surface area contributed by atoms with Gasteiger partial charge in [-0.05, 0) is 25.5 Å². The minimum absolute atomic E-state index is 0.0173. The Morgan fingerprint density at radius 2 is 2.05 bits per heavy atom. The number of carboxylic acid groups (broad SMARTS) is 1. The van der Waals surface area contributed by atoms with Crippen molar-refractivity contribution in [2.24, 2.45) is 0 Å². The molecule has 0 saturated heterocycles. The summed E-state index contributed by atoms with van der Waals surface area (Å²) in [6.07, 6.45) is 0. The molecule has 0 bridgehead atoms. The molecule has 0 saturated carbocycles. The number of hydrogen-bond donors (Lipinski definition) is 1. The first-order valence-corrected chi connectivity index (χ1v) is 7.17. The van der Waals surface area contributed by atoms with Gasteiger partial charge in [-0.3, -0.25) is 0 Å². The lowest BCUT2D eigenvalue weighted by Crippen LogP contribution is -1.91. The van der Waals surface area contributed by atoms with Crippen molar-refractivity contribution in [1.82, 2.24) is 0 Å². The molecule has 2 rings (SSSR count). The van der Waals surface area contributed by atoms with Crippen LogP contribution in [0.5, 0.6) is 0 Å². The first-order chi connectivity index (χ1) is 9.06. The van der Waals surface area contributed by atoms with E-state index < -0.39 is 5.97 Å². The van der Waals surface area contributed by atoms with Crippen molar-refractivity contribution in [2.45, 2.75) is 25.4 Å². The molecule has 0 spiro atoms. The molecule has 0 aliphatic rings. The first-order valence-electron chi connectivity index (χ1n) is 6.02. The summed E-state index contributed by atoms with van der Waals surface area (Å²) in [6, 6.07) is 10.0. The Bertz CT molecular complexity index is 587. The van der Waals surface area contributed by atoms with E-state index in [0.29, 0.717) is 5.76 Å². The van der Waals surface area contributed by atoms with Gasteiger partial charge in [-0.2, -0.15) is 11.8 Å². The van der Waals surface area contributed by atoms with E-state index >= 15 is 0 Å². The summed E-state index contributed by atoms with van der Waals surface area (Å²) in [7, 11) is 0. The minimum Gasteiger partial charge on any atom is -0.475 e. The lowest BCUT2D eigenvalue weighted by molar-refractivity contribution is 0.0661. The molecular formula is C15H16O3S. The highest BCUT2D eigenvalue weighted by molar-refractivity contribution is 7.97. The van der Waals surface area contributed by atoms with Gasteiger partial charge >= 0.3 is 5.97 Å². The third-order valence-electron chi connectivity index (χ3n) is 2.84. The van der Waals surface area contributed by atoms with Crippen LogP contribution in [0, 0.1) is 13.8 Å². The van der Waals surface area contributed by atoms with E-state index in [-0.39, 0.29) is 5.76 Å². The Morgan fingerprint density at radius 3 is 2.68 bits per heavy atom. The van der Waals surface area contributed by atoms with Gasteiger partial charge in [0.05, 0.1) is 0 Å². The highest BCUT2D eigenvalue weighted by Gasteiger charge is 2.12. The highest BCUT2D eigenvalue weighted by Crippen LogP contribution is 2.23. The van der Waals surface area contributed by atoms with Crippen LogP contribution in [0.15, 0.2) is 34.7 Å². The topological polar surface area (TPSA) is 50.4 Å². The standard InChI is InChI=1S/C15H16O3S/c1-10-4-3-5-12(6-10)8-19-9-13-7-14(15(16)17)18-11(13)2/h3-7H,8-9H2,1-2H3,(H,16,17). The maximum absolute atomic E-state index is 10.8. The maximum Gasteiger partial charge on any atom is 0.371 e. The van der Waals surface area contributed by atoms with Crippen molar-refractivity contribution in [1.29, 1.82) is 0 Å². The molecule has 1 N–H and O–H groups in total. The number of carbonyl (C=O) groups is 1. The van der Waals surface area contributed by atoms with Gasteiger partial charge in [0.15, 0.2) is 0 Å². The summed E-state index contributed by atoms with van der Waals surface area (Å²) in [5.41, 5.74) is 3.49. The van der Waals surface area contributed by atoms with E-state index in [9.17, 15) is 4.79 Å². The zero-order chi connectivity index (χ0) is 13.8. The predicted molar refractivity (Wildman–Crippen MR) is 76.6 cm³/mol. The Morgan fingerprint density at radius 1 is 1.26 bits per heavy atom. The average molecular weight is 276 g/mol. The number of hydrogen-bond acceptors (Lipinski definition) is 3. The molecule has 1 aromatic heterocycles. The van der Waals surface area contributed by atoms with Gasteiger partial charge in [0.25, 0.3) is 0 Å². The fourth-order valence-corrected chi connectivity index (χ4v) is 2.87. The van der Waals surface area contributed by atoms with Crippen LogP contribution < -0.4 is 0 Å². The van der Waals surface area contributed by atoms with Crippen molar-refractivity contribution in [3.63, 3.8) is 0 Å². The molecule has 3 nitrogen and oxygen atoms in total.